The van der Waals surface area contributed by atoms with E-state index in [0.29, 0.717) is 18.7 Å². The smallest absolute Gasteiger partial charge is 0.269 e. The highest BCUT2D eigenvalue weighted by molar-refractivity contribution is 5.94. The number of nitro benzene ring substituents is 1. The fraction of sp³-hybridized carbons (Fsp3) is 0.500. The van der Waals surface area contributed by atoms with Crippen molar-refractivity contribution in [2.45, 2.75) is 18.4 Å². The number of non-ortho nitro benzene ring substituents is 1. The first-order valence-corrected chi connectivity index (χ1v) is 6.83. The van der Waals surface area contributed by atoms with Gasteiger partial charge in [-0.25, -0.2) is 0 Å². The molecule has 22 heavy (non-hydrogen) atoms. The zero-order valence-corrected chi connectivity index (χ0v) is 13.1. The summed E-state index contributed by atoms with van der Waals surface area (Å²) in [6.45, 7) is 1.92. The van der Waals surface area contributed by atoms with Crippen molar-refractivity contribution in [1.29, 1.82) is 0 Å². The number of benzene rings is 1. The van der Waals surface area contributed by atoms with Crippen LogP contribution in [0.1, 0.15) is 23.2 Å². The summed E-state index contributed by atoms with van der Waals surface area (Å²) in [6, 6.07) is 5.57. The molecule has 1 atom stereocenters. The zero-order chi connectivity index (χ0) is 15.3. The molecule has 7 nitrogen and oxygen atoms in total. The molecule has 1 amide bonds. The lowest BCUT2D eigenvalue weighted by molar-refractivity contribution is -0.384. The van der Waals surface area contributed by atoms with Crippen LogP contribution in [0.2, 0.25) is 0 Å². The van der Waals surface area contributed by atoms with Gasteiger partial charge in [-0.3, -0.25) is 14.9 Å². The van der Waals surface area contributed by atoms with Crippen molar-refractivity contribution in [3.05, 3.63) is 39.9 Å². The molecule has 0 aliphatic carbocycles. The van der Waals surface area contributed by atoms with Gasteiger partial charge in [0, 0.05) is 31.4 Å². The summed E-state index contributed by atoms with van der Waals surface area (Å²) < 4.78 is 5.22. The largest absolute Gasteiger partial charge is 0.383 e. The number of methoxy groups -OCH3 is 1. The summed E-state index contributed by atoms with van der Waals surface area (Å²) in [6.07, 6.45) is 2.00. The molecule has 122 valence electrons. The number of rotatable bonds is 6. The second-order valence-electron chi connectivity index (χ2n) is 5.23. The molecule has 0 saturated carbocycles. The normalized spacial score (nSPS) is 20.2. The summed E-state index contributed by atoms with van der Waals surface area (Å²) in [5.41, 5.74) is 0.164. The minimum Gasteiger partial charge on any atom is -0.383 e. The summed E-state index contributed by atoms with van der Waals surface area (Å²) in [7, 11) is 1.64. The van der Waals surface area contributed by atoms with Gasteiger partial charge in [0.15, 0.2) is 0 Å². The van der Waals surface area contributed by atoms with Gasteiger partial charge in [-0.1, -0.05) is 0 Å². The average Bonchev–Trinajstić information content (AvgIpc) is 2.94. The second-order valence-corrected chi connectivity index (χ2v) is 5.23. The van der Waals surface area contributed by atoms with Crippen LogP contribution in [0.3, 0.4) is 0 Å². The van der Waals surface area contributed by atoms with Crippen molar-refractivity contribution in [1.82, 2.24) is 10.6 Å². The Balaban J connectivity index is 0.00000242. The van der Waals surface area contributed by atoms with E-state index in [4.69, 9.17) is 4.74 Å². The number of nitro groups is 1. The lowest BCUT2D eigenvalue weighted by atomic mass is 9.98. The maximum absolute atomic E-state index is 12.1. The fourth-order valence-electron chi connectivity index (χ4n) is 2.56. The molecule has 1 fully saturated rings. The lowest BCUT2D eigenvalue weighted by Gasteiger charge is -2.28. The number of amides is 1. The van der Waals surface area contributed by atoms with E-state index in [0.717, 1.165) is 19.4 Å². The number of hydrogen-bond donors (Lipinski definition) is 2. The minimum atomic E-state index is -0.488. The molecule has 1 aromatic carbocycles. The van der Waals surface area contributed by atoms with Crippen molar-refractivity contribution in [2.24, 2.45) is 0 Å². The van der Waals surface area contributed by atoms with Crippen LogP contribution in [0.15, 0.2) is 24.3 Å². The number of ether oxygens (including phenoxy) is 1. The third-order valence-electron chi connectivity index (χ3n) is 3.68. The Hall–Kier alpha value is -1.70. The van der Waals surface area contributed by atoms with Gasteiger partial charge >= 0.3 is 0 Å². The Bertz CT molecular complexity index is 515. The second kappa shape index (κ2) is 8.07. The molecular weight excluding hydrogens is 310 g/mol. The predicted octanol–water partition coefficient (Wildman–Crippen LogP) is 1.52. The molecule has 8 heteroatoms. The summed E-state index contributed by atoms with van der Waals surface area (Å²) >= 11 is 0. The van der Waals surface area contributed by atoms with Crippen molar-refractivity contribution in [3.8, 4) is 0 Å². The monoisotopic (exact) mass is 329 g/mol. The highest BCUT2D eigenvalue weighted by Gasteiger charge is 2.33. The number of carbonyl (C=O) groups is 1. The Kier molecular flexibility index (Phi) is 6.73. The van der Waals surface area contributed by atoms with Crippen molar-refractivity contribution in [3.63, 3.8) is 0 Å². The molecule has 1 aromatic rings. The maximum Gasteiger partial charge on any atom is 0.269 e. The van der Waals surface area contributed by atoms with Crippen molar-refractivity contribution in [2.75, 3.05) is 26.8 Å². The van der Waals surface area contributed by atoms with Gasteiger partial charge in [0.05, 0.1) is 17.1 Å². The Morgan fingerprint density at radius 3 is 2.64 bits per heavy atom. The third-order valence-corrected chi connectivity index (χ3v) is 3.68. The van der Waals surface area contributed by atoms with Gasteiger partial charge in [-0.2, -0.15) is 0 Å². The van der Waals surface area contributed by atoms with Crippen LogP contribution < -0.4 is 10.6 Å². The summed E-state index contributed by atoms with van der Waals surface area (Å²) in [5, 5.41) is 16.8. The quantitative estimate of drug-likeness (QED) is 0.609. The number of nitrogens with one attached hydrogen (secondary N) is 2. The standard InChI is InChI=1S/C14H19N3O4.ClH/c1-21-10-14(7-2-8-16-14)9-15-13(18)11-3-5-12(6-4-11)17(19)20;/h3-6,16H,2,7-10H2,1H3,(H,15,18);1H. The number of carbonyl (C=O) groups excluding carboxylic acids is 1. The molecule has 1 heterocycles. The van der Waals surface area contributed by atoms with Crippen LogP contribution in [0.25, 0.3) is 0 Å². The first kappa shape index (κ1) is 18.3. The first-order chi connectivity index (χ1) is 10.1. The lowest BCUT2D eigenvalue weighted by Crippen LogP contribution is -2.52. The van der Waals surface area contributed by atoms with Crippen molar-refractivity contribution >= 4 is 24.0 Å². The number of halogens is 1. The molecule has 0 bridgehead atoms. The van der Waals surface area contributed by atoms with E-state index >= 15 is 0 Å². The van der Waals surface area contributed by atoms with Crippen LogP contribution >= 0.6 is 12.4 Å². The fourth-order valence-corrected chi connectivity index (χ4v) is 2.56. The topological polar surface area (TPSA) is 93.5 Å². The molecule has 1 aliphatic rings. The van der Waals surface area contributed by atoms with Crippen LogP contribution in [0.4, 0.5) is 5.69 Å². The van der Waals surface area contributed by atoms with E-state index in [9.17, 15) is 14.9 Å². The molecule has 1 unspecified atom stereocenters. The first-order valence-electron chi connectivity index (χ1n) is 6.83. The van der Waals surface area contributed by atoms with E-state index in [1.54, 1.807) is 7.11 Å². The van der Waals surface area contributed by atoms with Gasteiger partial charge < -0.3 is 15.4 Å². The van der Waals surface area contributed by atoms with Crippen LogP contribution in [-0.2, 0) is 4.74 Å². The Labute approximate surface area is 135 Å². The van der Waals surface area contributed by atoms with Crippen LogP contribution in [-0.4, -0.2) is 43.2 Å². The average molecular weight is 330 g/mol. The summed E-state index contributed by atoms with van der Waals surface area (Å²) in [4.78, 5) is 22.2. The van der Waals surface area contributed by atoms with Gasteiger partial charge in [-0.15, -0.1) is 12.4 Å². The highest BCUT2D eigenvalue weighted by Crippen LogP contribution is 2.19. The predicted molar refractivity (Wildman–Crippen MR) is 84.5 cm³/mol. The molecule has 0 aromatic heterocycles. The molecule has 2 rings (SSSR count). The molecule has 1 saturated heterocycles. The van der Waals surface area contributed by atoms with Crippen LogP contribution in [0, 0.1) is 10.1 Å². The number of nitrogens with zero attached hydrogens (tertiary/aromatic N) is 1. The van der Waals surface area contributed by atoms with Crippen molar-refractivity contribution < 1.29 is 14.5 Å². The van der Waals surface area contributed by atoms with E-state index in [-0.39, 0.29) is 29.5 Å². The van der Waals surface area contributed by atoms with Gasteiger partial charge in [0.25, 0.3) is 11.6 Å². The maximum atomic E-state index is 12.1. The SMILES string of the molecule is COCC1(CNC(=O)c2ccc([N+](=O)[O-])cc2)CCCN1.Cl. The Morgan fingerprint density at radius 2 is 2.14 bits per heavy atom. The molecule has 2 N–H and O–H groups in total. The third kappa shape index (κ3) is 4.40. The molecule has 0 spiro atoms. The zero-order valence-electron chi connectivity index (χ0n) is 12.3. The Morgan fingerprint density at radius 1 is 1.45 bits per heavy atom. The summed E-state index contributed by atoms with van der Waals surface area (Å²) in [5.74, 6) is -0.242. The van der Waals surface area contributed by atoms with E-state index in [2.05, 4.69) is 10.6 Å². The van der Waals surface area contributed by atoms with E-state index in [1.165, 1.54) is 24.3 Å². The molecule has 1 aliphatic heterocycles. The van der Waals surface area contributed by atoms with Gasteiger partial charge in [0.1, 0.15) is 0 Å². The van der Waals surface area contributed by atoms with E-state index < -0.39 is 4.92 Å². The molecule has 0 radical (unpaired) electrons. The minimum absolute atomic E-state index is 0. The molecular formula is C14H20ClN3O4. The van der Waals surface area contributed by atoms with Gasteiger partial charge in [-0.05, 0) is 31.5 Å². The van der Waals surface area contributed by atoms with Gasteiger partial charge in [0.2, 0.25) is 0 Å². The van der Waals surface area contributed by atoms with E-state index in [1.807, 2.05) is 0 Å². The highest BCUT2D eigenvalue weighted by atomic mass is 35.5. The number of hydrogen-bond acceptors (Lipinski definition) is 5. The van der Waals surface area contributed by atoms with Crippen LogP contribution in [0.5, 0.6) is 0 Å².